The maximum atomic E-state index is 14.4. The fourth-order valence-electron chi connectivity index (χ4n) is 2.64. The number of nitrogens with one attached hydrogen (secondary N) is 1. The van der Waals surface area contributed by atoms with Crippen LogP contribution in [-0.4, -0.2) is 47.0 Å². The number of ether oxygens (including phenoxy) is 4. The van der Waals surface area contributed by atoms with E-state index in [0.29, 0.717) is 18.0 Å². The molecule has 3 rings (SSSR count). The topological polar surface area (TPSA) is 108 Å². The highest BCUT2D eigenvalue weighted by Gasteiger charge is 2.20. The smallest absolute Gasteiger partial charge is 0.227 e. The summed E-state index contributed by atoms with van der Waals surface area (Å²) in [5.74, 6) is -1.22. The monoisotopic (exact) mass is 462 g/mol. The second-order valence-corrected chi connectivity index (χ2v) is 6.80. The van der Waals surface area contributed by atoms with E-state index in [1.165, 1.54) is 32.8 Å². The molecule has 2 aromatic heterocycles. The summed E-state index contributed by atoms with van der Waals surface area (Å²) in [5.41, 5.74) is 0.271. The van der Waals surface area contributed by atoms with E-state index in [0.717, 1.165) is 6.07 Å². The van der Waals surface area contributed by atoms with Crippen molar-refractivity contribution in [1.82, 2.24) is 15.0 Å². The lowest BCUT2D eigenvalue weighted by Gasteiger charge is -2.13. The molecule has 1 aromatic carbocycles. The Kier molecular flexibility index (Phi) is 8.14. The molecule has 9 nitrogen and oxygen atoms in total. The minimum absolute atomic E-state index is 0.158. The van der Waals surface area contributed by atoms with Gasteiger partial charge in [0, 0.05) is 12.1 Å². The Morgan fingerprint density at radius 1 is 0.970 bits per heavy atom. The molecule has 0 aliphatic rings. The Hall–Kier alpha value is -3.73. The average molecular weight is 462 g/mol. The van der Waals surface area contributed by atoms with Gasteiger partial charge in [-0.2, -0.15) is 0 Å². The van der Waals surface area contributed by atoms with E-state index >= 15 is 0 Å². The molecule has 2 N–H and O–H groups in total. The molecule has 0 bridgehead atoms. The number of aliphatic hydroxyl groups excluding tert-OH is 1. The van der Waals surface area contributed by atoms with Gasteiger partial charge in [-0.25, -0.2) is 23.7 Å². The van der Waals surface area contributed by atoms with Gasteiger partial charge in [0.15, 0.2) is 28.9 Å². The summed E-state index contributed by atoms with van der Waals surface area (Å²) in [6.07, 6.45) is 4.30. The maximum Gasteiger partial charge on any atom is 0.227 e. The number of rotatable bonds is 11. The third kappa shape index (κ3) is 6.16. The van der Waals surface area contributed by atoms with Crippen LogP contribution >= 0.6 is 0 Å². The fourth-order valence-corrected chi connectivity index (χ4v) is 2.64. The zero-order valence-electron chi connectivity index (χ0n) is 18.3. The van der Waals surface area contributed by atoms with Gasteiger partial charge < -0.3 is 29.4 Å². The van der Waals surface area contributed by atoms with Crippen LogP contribution in [0.3, 0.4) is 0 Å². The first-order chi connectivity index (χ1) is 15.9. The summed E-state index contributed by atoms with van der Waals surface area (Å²) in [6, 6.07) is 4.49. The molecule has 0 saturated carbocycles. The lowest BCUT2D eigenvalue weighted by atomic mass is 10.1. The zero-order chi connectivity index (χ0) is 23.8. The summed E-state index contributed by atoms with van der Waals surface area (Å²) in [6.45, 7) is 1.61. The van der Waals surface area contributed by atoms with E-state index in [4.69, 9.17) is 18.9 Å². The van der Waals surface area contributed by atoms with Gasteiger partial charge in [-0.3, -0.25) is 0 Å². The lowest BCUT2D eigenvalue weighted by molar-refractivity contribution is 0.102. The van der Waals surface area contributed by atoms with Crippen molar-refractivity contribution in [3.63, 3.8) is 0 Å². The number of halogens is 2. The Balaban J connectivity index is 1.60. The lowest BCUT2D eigenvalue weighted by Crippen LogP contribution is -2.16. The van der Waals surface area contributed by atoms with E-state index in [9.17, 15) is 13.9 Å². The highest BCUT2D eigenvalue weighted by atomic mass is 19.1. The predicted molar refractivity (Wildman–Crippen MR) is 115 cm³/mol. The Morgan fingerprint density at radius 2 is 1.64 bits per heavy atom. The number of pyridine rings is 1. The second-order valence-electron chi connectivity index (χ2n) is 6.80. The van der Waals surface area contributed by atoms with E-state index in [1.54, 1.807) is 12.1 Å². The number of anilines is 2. The molecule has 3 aromatic rings. The van der Waals surface area contributed by atoms with Gasteiger partial charge in [-0.05, 0) is 12.5 Å². The van der Waals surface area contributed by atoms with Crippen LogP contribution in [0.1, 0.15) is 18.9 Å². The van der Waals surface area contributed by atoms with Gasteiger partial charge in [0.05, 0.1) is 50.2 Å². The minimum Gasteiger partial charge on any atom is -0.494 e. The first-order valence-electron chi connectivity index (χ1n) is 10.0. The zero-order valence-corrected chi connectivity index (χ0v) is 18.3. The molecule has 0 amide bonds. The molecule has 1 atom stereocenters. The largest absolute Gasteiger partial charge is 0.494 e. The van der Waals surface area contributed by atoms with Crippen molar-refractivity contribution in [3.05, 3.63) is 54.0 Å². The number of hydrogen-bond donors (Lipinski definition) is 2. The van der Waals surface area contributed by atoms with E-state index in [2.05, 4.69) is 20.3 Å². The van der Waals surface area contributed by atoms with Crippen LogP contribution in [0.5, 0.6) is 23.1 Å². The minimum atomic E-state index is -0.876. The van der Waals surface area contributed by atoms with Crippen molar-refractivity contribution in [2.45, 2.75) is 26.1 Å². The molecule has 176 valence electrons. The molecule has 0 radical (unpaired) electrons. The van der Waals surface area contributed by atoms with Gasteiger partial charge in [0.2, 0.25) is 11.8 Å². The van der Waals surface area contributed by atoms with Crippen LogP contribution in [0.25, 0.3) is 0 Å². The molecular weight excluding hydrogens is 438 g/mol. The van der Waals surface area contributed by atoms with E-state index in [1.807, 2.05) is 6.92 Å². The molecule has 0 fully saturated rings. The quantitative estimate of drug-likeness (QED) is 0.442. The predicted octanol–water partition coefficient (Wildman–Crippen LogP) is 3.64. The Morgan fingerprint density at radius 3 is 2.18 bits per heavy atom. The summed E-state index contributed by atoms with van der Waals surface area (Å²) in [5, 5.41) is 12.5. The Labute approximate surface area is 189 Å². The number of nitrogens with zero attached hydrogens (tertiary/aromatic N) is 3. The third-order valence-electron chi connectivity index (χ3n) is 4.56. The molecule has 0 aliphatic carbocycles. The Bertz CT molecular complexity index is 1020. The van der Waals surface area contributed by atoms with Crippen LogP contribution in [0, 0.1) is 11.6 Å². The van der Waals surface area contributed by atoms with Crippen LogP contribution in [0.2, 0.25) is 0 Å². The van der Waals surface area contributed by atoms with Crippen molar-refractivity contribution < 1.29 is 32.8 Å². The van der Waals surface area contributed by atoms with Crippen LogP contribution in [0.15, 0.2) is 36.8 Å². The summed E-state index contributed by atoms with van der Waals surface area (Å²) >= 11 is 0. The molecule has 11 heteroatoms. The fraction of sp³-hybridized carbons (Fsp3) is 0.318. The van der Waals surface area contributed by atoms with Crippen molar-refractivity contribution in [3.8, 4) is 23.1 Å². The molecule has 0 aliphatic heterocycles. The van der Waals surface area contributed by atoms with Gasteiger partial charge in [-0.1, -0.05) is 6.92 Å². The van der Waals surface area contributed by atoms with Crippen molar-refractivity contribution in [2.75, 3.05) is 26.1 Å². The van der Waals surface area contributed by atoms with Crippen molar-refractivity contribution >= 4 is 11.6 Å². The maximum absolute atomic E-state index is 14.4. The highest BCUT2D eigenvalue weighted by molar-refractivity contribution is 5.52. The van der Waals surface area contributed by atoms with E-state index in [-0.39, 0.29) is 35.4 Å². The molecule has 0 unspecified atom stereocenters. The average Bonchev–Trinajstić information content (AvgIpc) is 2.84. The number of benzene rings is 1. The summed E-state index contributed by atoms with van der Waals surface area (Å²) in [7, 11) is 2.54. The molecule has 33 heavy (non-hydrogen) atoms. The number of aliphatic hydroxyl groups is 1. The second kappa shape index (κ2) is 11.2. The van der Waals surface area contributed by atoms with Gasteiger partial charge in [0.1, 0.15) is 13.2 Å². The first-order valence-corrected chi connectivity index (χ1v) is 10.0. The number of methoxy groups -OCH3 is 2. The van der Waals surface area contributed by atoms with Gasteiger partial charge in [0.25, 0.3) is 0 Å². The summed E-state index contributed by atoms with van der Waals surface area (Å²) in [4.78, 5) is 12.4. The molecular formula is C22H24F2N4O5. The van der Waals surface area contributed by atoms with E-state index < -0.39 is 24.3 Å². The van der Waals surface area contributed by atoms with Crippen molar-refractivity contribution in [1.29, 1.82) is 0 Å². The van der Waals surface area contributed by atoms with Crippen LogP contribution in [-0.2, 0) is 6.61 Å². The van der Waals surface area contributed by atoms with Crippen molar-refractivity contribution in [2.24, 2.45) is 0 Å². The third-order valence-corrected chi connectivity index (χ3v) is 4.56. The highest BCUT2D eigenvalue weighted by Crippen LogP contribution is 2.32. The number of aromatic nitrogens is 3. The first kappa shape index (κ1) is 23.9. The normalized spacial score (nSPS) is 11.6. The van der Waals surface area contributed by atoms with Gasteiger partial charge in [-0.15, -0.1) is 0 Å². The van der Waals surface area contributed by atoms with Crippen LogP contribution < -0.4 is 24.3 Å². The van der Waals surface area contributed by atoms with Gasteiger partial charge >= 0.3 is 0 Å². The van der Waals surface area contributed by atoms with Crippen LogP contribution in [0.4, 0.5) is 20.4 Å². The molecule has 0 saturated heterocycles. The SMILES string of the molecule is CC[C@H](O)COc1ccc(Nc2ncc(OCc3c(F)c(OC)cc(OC)c3F)cn2)cn1. The molecule has 2 heterocycles. The standard InChI is InChI=1S/C22H24F2N4O5/c1-4-14(29)11-33-19-6-5-13(8-25-19)28-22-26-9-15(10-27-22)32-12-16-20(23)17(30-2)7-18(31-3)21(16)24/h5-10,14,29H,4,11-12H2,1-3H3,(H,26,27,28)/t14-/m0/s1. The summed E-state index contributed by atoms with van der Waals surface area (Å²) < 4.78 is 49.5. The molecule has 0 spiro atoms. The number of hydrogen-bond acceptors (Lipinski definition) is 9.